The maximum Gasteiger partial charge on any atom is 0.261 e. The number of amides is 1. The fourth-order valence-corrected chi connectivity index (χ4v) is 3.78. The molecule has 1 N–H and O–H groups in total. The molecule has 122 valence electrons. The quantitative estimate of drug-likeness (QED) is 0.826. The summed E-state index contributed by atoms with van der Waals surface area (Å²) in [6.07, 6.45) is 6.79. The van der Waals surface area contributed by atoms with Gasteiger partial charge >= 0.3 is 0 Å². The van der Waals surface area contributed by atoms with Crippen LogP contribution in [0.2, 0.25) is 0 Å². The molecule has 0 aliphatic carbocycles. The molecule has 1 amide bonds. The summed E-state index contributed by atoms with van der Waals surface area (Å²) < 4.78 is 0. The van der Waals surface area contributed by atoms with Gasteiger partial charge in [0.25, 0.3) is 5.91 Å². The number of hydrogen-bond acceptors (Lipinski definition) is 4. The number of hydrogen-bond donors (Lipinski definition) is 1. The zero-order valence-electron chi connectivity index (χ0n) is 13.3. The van der Waals surface area contributed by atoms with Crippen molar-refractivity contribution in [3.63, 3.8) is 0 Å². The van der Waals surface area contributed by atoms with Crippen LogP contribution in [-0.4, -0.2) is 42.0 Å². The van der Waals surface area contributed by atoms with E-state index in [1.54, 1.807) is 6.20 Å². The molecule has 23 heavy (non-hydrogen) atoms. The third-order valence-corrected chi connectivity index (χ3v) is 5.24. The zero-order chi connectivity index (χ0) is 15.9. The van der Waals surface area contributed by atoms with E-state index in [0.29, 0.717) is 0 Å². The second kappa shape index (κ2) is 8.22. The van der Waals surface area contributed by atoms with Crippen LogP contribution in [0.5, 0.6) is 0 Å². The standard InChI is InChI=1S/C18H23N3OS/c22-18(20-11-6-14-21-12-4-1-5-13-21)17-9-8-16(23-17)15-7-2-3-10-19-15/h2-3,7-10H,1,4-6,11-14H2,(H,20,22). The minimum absolute atomic E-state index is 0.0239. The van der Waals surface area contributed by atoms with E-state index in [0.717, 1.165) is 35.0 Å². The van der Waals surface area contributed by atoms with Crippen LogP contribution in [0, 0.1) is 0 Å². The number of likely N-dealkylation sites (tertiary alicyclic amines) is 1. The molecule has 0 aromatic carbocycles. The van der Waals surface area contributed by atoms with Crippen molar-refractivity contribution in [2.24, 2.45) is 0 Å². The second-order valence-electron chi connectivity index (χ2n) is 5.89. The Morgan fingerprint density at radius 1 is 1.17 bits per heavy atom. The number of rotatable bonds is 6. The van der Waals surface area contributed by atoms with Gasteiger partial charge in [0, 0.05) is 12.7 Å². The Hall–Kier alpha value is -1.72. The van der Waals surface area contributed by atoms with Gasteiger partial charge in [-0.2, -0.15) is 0 Å². The summed E-state index contributed by atoms with van der Waals surface area (Å²) in [5, 5.41) is 3.03. The lowest BCUT2D eigenvalue weighted by molar-refractivity contribution is 0.0955. The molecule has 1 aliphatic heterocycles. The largest absolute Gasteiger partial charge is 0.351 e. The minimum Gasteiger partial charge on any atom is -0.351 e. The van der Waals surface area contributed by atoms with Gasteiger partial charge in [-0.1, -0.05) is 12.5 Å². The molecule has 0 atom stereocenters. The van der Waals surface area contributed by atoms with Gasteiger partial charge in [-0.15, -0.1) is 11.3 Å². The van der Waals surface area contributed by atoms with Crippen molar-refractivity contribution in [2.75, 3.05) is 26.2 Å². The summed E-state index contributed by atoms with van der Waals surface area (Å²) in [7, 11) is 0. The van der Waals surface area contributed by atoms with Gasteiger partial charge < -0.3 is 10.2 Å². The Morgan fingerprint density at radius 3 is 2.83 bits per heavy atom. The maximum atomic E-state index is 12.2. The molecule has 0 spiro atoms. The Balaban J connectivity index is 1.44. The highest BCUT2D eigenvalue weighted by Gasteiger charge is 2.12. The molecule has 0 unspecified atom stereocenters. The number of nitrogens with one attached hydrogen (secondary N) is 1. The minimum atomic E-state index is 0.0239. The average molecular weight is 329 g/mol. The third-order valence-electron chi connectivity index (χ3n) is 4.13. The van der Waals surface area contributed by atoms with Crippen LogP contribution in [0.15, 0.2) is 36.5 Å². The number of nitrogens with zero attached hydrogens (tertiary/aromatic N) is 2. The van der Waals surface area contributed by atoms with E-state index in [-0.39, 0.29) is 5.91 Å². The van der Waals surface area contributed by atoms with Gasteiger partial charge in [0.05, 0.1) is 15.4 Å². The highest BCUT2D eigenvalue weighted by atomic mass is 32.1. The van der Waals surface area contributed by atoms with E-state index in [9.17, 15) is 4.79 Å². The monoisotopic (exact) mass is 329 g/mol. The van der Waals surface area contributed by atoms with Crippen LogP contribution in [0.4, 0.5) is 0 Å². The lowest BCUT2D eigenvalue weighted by Gasteiger charge is -2.26. The third kappa shape index (κ3) is 4.62. The van der Waals surface area contributed by atoms with Gasteiger partial charge in [-0.3, -0.25) is 9.78 Å². The van der Waals surface area contributed by atoms with Gasteiger partial charge in [0.15, 0.2) is 0 Å². The lowest BCUT2D eigenvalue weighted by atomic mass is 10.1. The molecule has 0 radical (unpaired) electrons. The van der Waals surface area contributed by atoms with Gasteiger partial charge in [-0.25, -0.2) is 0 Å². The first-order valence-electron chi connectivity index (χ1n) is 8.35. The molecule has 2 aromatic heterocycles. The SMILES string of the molecule is O=C(NCCCN1CCCCC1)c1ccc(-c2ccccn2)s1. The van der Waals surface area contributed by atoms with E-state index < -0.39 is 0 Å². The van der Waals surface area contributed by atoms with Crippen molar-refractivity contribution in [3.05, 3.63) is 41.4 Å². The fourth-order valence-electron chi connectivity index (χ4n) is 2.88. The van der Waals surface area contributed by atoms with Gasteiger partial charge in [0.2, 0.25) is 0 Å². The van der Waals surface area contributed by atoms with Crippen molar-refractivity contribution in [1.29, 1.82) is 0 Å². The van der Waals surface area contributed by atoms with Crippen LogP contribution in [-0.2, 0) is 0 Å². The number of piperidine rings is 1. The summed E-state index contributed by atoms with van der Waals surface area (Å²) in [4.78, 5) is 20.8. The molecule has 3 heterocycles. The first-order chi connectivity index (χ1) is 11.3. The van der Waals surface area contributed by atoms with Gasteiger partial charge in [-0.05, 0) is 63.2 Å². The molecule has 4 nitrogen and oxygen atoms in total. The molecule has 1 aliphatic rings. The Bertz CT molecular complexity index is 620. The molecule has 0 saturated carbocycles. The Labute approximate surface area is 141 Å². The van der Waals surface area contributed by atoms with Crippen molar-refractivity contribution in [1.82, 2.24) is 15.2 Å². The van der Waals surface area contributed by atoms with E-state index in [1.807, 2.05) is 30.3 Å². The maximum absolute atomic E-state index is 12.2. The number of carbonyl (C=O) groups is 1. The topological polar surface area (TPSA) is 45.2 Å². The molecular formula is C18H23N3OS. The molecule has 0 bridgehead atoms. The molecule has 3 rings (SSSR count). The van der Waals surface area contributed by atoms with Crippen molar-refractivity contribution in [3.8, 4) is 10.6 Å². The van der Waals surface area contributed by atoms with Crippen LogP contribution < -0.4 is 5.32 Å². The molecule has 1 saturated heterocycles. The highest BCUT2D eigenvalue weighted by molar-refractivity contribution is 7.17. The van der Waals surface area contributed by atoms with E-state index in [1.165, 1.54) is 43.7 Å². The summed E-state index contributed by atoms with van der Waals surface area (Å²) in [5.41, 5.74) is 0.918. The fraction of sp³-hybridized carbons (Fsp3) is 0.444. The number of thiophene rings is 1. The Morgan fingerprint density at radius 2 is 2.04 bits per heavy atom. The predicted molar refractivity (Wildman–Crippen MR) is 94.8 cm³/mol. The summed E-state index contributed by atoms with van der Waals surface area (Å²) in [6, 6.07) is 9.67. The smallest absolute Gasteiger partial charge is 0.261 e. The van der Waals surface area contributed by atoms with Gasteiger partial charge in [0.1, 0.15) is 0 Å². The van der Waals surface area contributed by atoms with Crippen LogP contribution in [0.1, 0.15) is 35.4 Å². The summed E-state index contributed by atoms with van der Waals surface area (Å²) >= 11 is 1.50. The lowest BCUT2D eigenvalue weighted by Crippen LogP contribution is -2.33. The molecule has 1 fully saturated rings. The normalized spacial score (nSPS) is 15.5. The zero-order valence-corrected chi connectivity index (χ0v) is 14.1. The van der Waals surface area contributed by atoms with Crippen molar-refractivity contribution in [2.45, 2.75) is 25.7 Å². The van der Waals surface area contributed by atoms with E-state index in [2.05, 4.69) is 15.2 Å². The Kier molecular flexibility index (Phi) is 5.77. The average Bonchev–Trinajstić information content (AvgIpc) is 3.10. The van der Waals surface area contributed by atoms with Crippen LogP contribution in [0.3, 0.4) is 0 Å². The first kappa shape index (κ1) is 16.1. The van der Waals surface area contributed by atoms with Crippen molar-refractivity contribution >= 4 is 17.2 Å². The van der Waals surface area contributed by atoms with E-state index in [4.69, 9.17) is 0 Å². The number of aromatic nitrogens is 1. The van der Waals surface area contributed by atoms with Crippen LogP contribution in [0.25, 0.3) is 10.6 Å². The molecule has 5 heteroatoms. The molecular weight excluding hydrogens is 306 g/mol. The number of carbonyl (C=O) groups excluding carboxylic acids is 1. The summed E-state index contributed by atoms with van der Waals surface area (Å²) in [5.74, 6) is 0.0239. The van der Waals surface area contributed by atoms with Crippen molar-refractivity contribution < 1.29 is 4.79 Å². The predicted octanol–water partition coefficient (Wildman–Crippen LogP) is 3.42. The highest BCUT2D eigenvalue weighted by Crippen LogP contribution is 2.26. The van der Waals surface area contributed by atoms with E-state index >= 15 is 0 Å². The second-order valence-corrected chi connectivity index (χ2v) is 6.97. The van der Waals surface area contributed by atoms with Crippen LogP contribution >= 0.6 is 11.3 Å². The first-order valence-corrected chi connectivity index (χ1v) is 9.16. The molecule has 2 aromatic rings. The summed E-state index contributed by atoms with van der Waals surface area (Å²) in [6.45, 7) is 4.26. The number of pyridine rings is 1.